The van der Waals surface area contributed by atoms with Crippen molar-refractivity contribution in [2.24, 2.45) is 11.7 Å². The van der Waals surface area contributed by atoms with Crippen LogP contribution >= 0.6 is 0 Å². The molecule has 1 saturated heterocycles. The molecule has 2 atom stereocenters. The minimum Gasteiger partial charge on any atom is -0.459 e. The van der Waals surface area contributed by atoms with E-state index in [-0.39, 0.29) is 17.8 Å². The highest BCUT2D eigenvalue weighted by Gasteiger charge is 2.34. The minimum absolute atomic E-state index is 0.262. The Kier molecular flexibility index (Phi) is 3.34. The van der Waals surface area contributed by atoms with E-state index in [0.29, 0.717) is 13.0 Å². The molecule has 0 aromatic carbocycles. The van der Waals surface area contributed by atoms with E-state index in [1.54, 1.807) is 0 Å². The van der Waals surface area contributed by atoms with Crippen LogP contribution in [0.15, 0.2) is 0 Å². The second-order valence-corrected chi connectivity index (χ2v) is 4.83. The maximum Gasteiger partial charge on any atom is 0.323 e. The normalized spacial score (nSPS) is 26.3. The highest BCUT2D eigenvalue weighted by molar-refractivity contribution is 5.81. The Morgan fingerprint density at radius 2 is 2.00 bits per heavy atom. The van der Waals surface area contributed by atoms with E-state index in [9.17, 15) is 9.59 Å². The van der Waals surface area contributed by atoms with Crippen LogP contribution in [0.2, 0.25) is 0 Å². The molecule has 5 nitrogen and oxygen atoms in total. The van der Waals surface area contributed by atoms with E-state index >= 15 is 0 Å². The maximum atomic E-state index is 11.6. The molecule has 3 N–H and O–H groups in total. The van der Waals surface area contributed by atoms with Crippen LogP contribution in [-0.2, 0) is 14.3 Å². The summed E-state index contributed by atoms with van der Waals surface area (Å²) in [4.78, 5) is 22.5. The summed E-state index contributed by atoms with van der Waals surface area (Å²) in [6.07, 6.45) is 0.435. The van der Waals surface area contributed by atoms with Gasteiger partial charge in [-0.15, -0.1) is 0 Å². The summed E-state index contributed by atoms with van der Waals surface area (Å²) >= 11 is 0. The molecule has 0 aliphatic carbocycles. The van der Waals surface area contributed by atoms with Crippen LogP contribution < -0.4 is 11.1 Å². The van der Waals surface area contributed by atoms with Gasteiger partial charge in [0, 0.05) is 6.54 Å². The Balaban J connectivity index is 2.47. The molecule has 0 saturated carbocycles. The van der Waals surface area contributed by atoms with Gasteiger partial charge in [0.05, 0.1) is 5.92 Å². The van der Waals surface area contributed by atoms with E-state index in [2.05, 4.69) is 5.32 Å². The fraction of sp³-hybridized carbons (Fsp3) is 0.800. The van der Waals surface area contributed by atoms with Gasteiger partial charge in [-0.05, 0) is 27.2 Å². The average molecular weight is 214 g/mol. The molecule has 0 aromatic heterocycles. The molecule has 0 bridgehead atoms. The topological polar surface area (TPSA) is 81.4 Å². The fourth-order valence-corrected chi connectivity index (χ4v) is 1.50. The van der Waals surface area contributed by atoms with Crippen molar-refractivity contribution in [3.63, 3.8) is 0 Å². The van der Waals surface area contributed by atoms with Gasteiger partial charge in [0.25, 0.3) is 0 Å². The number of carbonyl (C=O) groups excluding carboxylic acids is 2. The first kappa shape index (κ1) is 12.0. The lowest BCUT2D eigenvalue weighted by molar-refractivity contribution is -0.157. The van der Waals surface area contributed by atoms with Crippen molar-refractivity contribution >= 4 is 11.9 Å². The van der Waals surface area contributed by atoms with E-state index in [1.165, 1.54) is 0 Å². The third-order valence-electron chi connectivity index (χ3n) is 2.22. The second kappa shape index (κ2) is 4.18. The SMILES string of the molecule is CC(C)(C)OC(=O)C1CC(C(N)=O)CN1. The molecule has 1 amide bonds. The van der Waals surface area contributed by atoms with E-state index in [4.69, 9.17) is 10.5 Å². The second-order valence-electron chi connectivity index (χ2n) is 4.83. The lowest BCUT2D eigenvalue weighted by Crippen LogP contribution is -2.37. The maximum absolute atomic E-state index is 11.6. The lowest BCUT2D eigenvalue weighted by atomic mass is 10.1. The zero-order chi connectivity index (χ0) is 11.6. The molecule has 1 aliphatic rings. The molecule has 86 valence electrons. The molecule has 5 heteroatoms. The number of rotatable bonds is 2. The molecule has 0 spiro atoms. The Morgan fingerprint density at radius 3 is 2.40 bits per heavy atom. The summed E-state index contributed by atoms with van der Waals surface area (Å²) in [5.41, 5.74) is 4.66. The first-order valence-electron chi connectivity index (χ1n) is 5.05. The third-order valence-corrected chi connectivity index (χ3v) is 2.22. The van der Waals surface area contributed by atoms with Crippen LogP contribution in [0, 0.1) is 5.92 Å². The summed E-state index contributed by atoms with van der Waals surface area (Å²) in [7, 11) is 0. The van der Waals surface area contributed by atoms with Crippen molar-refractivity contribution in [1.29, 1.82) is 0 Å². The van der Waals surface area contributed by atoms with Gasteiger partial charge in [-0.25, -0.2) is 0 Å². The largest absolute Gasteiger partial charge is 0.459 e. The number of carbonyl (C=O) groups is 2. The Bertz CT molecular complexity index is 270. The van der Waals surface area contributed by atoms with Gasteiger partial charge in [0.15, 0.2) is 0 Å². The number of ether oxygens (including phenoxy) is 1. The number of nitrogens with two attached hydrogens (primary N) is 1. The number of hydrogen-bond acceptors (Lipinski definition) is 4. The first-order valence-corrected chi connectivity index (χ1v) is 5.05. The van der Waals surface area contributed by atoms with Crippen LogP contribution in [0.1, 0.15) is 27.2 Å². The Morgan fingerprint density at radius 1 is 1.40 bits per heavy atom. The van der Waals surface area contributed by atoms with Gasteiger partial charge in [0.1, 0.15) is 11.6 Å². The van der Waals surface area contributed by atoms with Gasteiger partial charge < -0.3 is 15.8 Å². The summed E-state index contributed by atoms with van der Waals surface area (Å²) in [6.45, 7) is 5.89. The quantitative estimate of drug-likeness (QED) is 0.623. The standard InChI is InChI=1S/C10H18N2O3/c1-10(2,3)15-9(14)7-4-6(5-12-7)8(11)13/h6-7,12H,4-5H2,1-3H3,(H2,11,13). The van der Waals surface area contributed by atoms with Gasteiger partial charge in [-0.3, -0.25) is 9.59 Å². The summed E-state index contributed by atoms with van der Waals surface area (Å²) in [5, 5.41) is 2.94. The highest BCUT2D eigenvalue weighted by Crippen LogP contribution is 2.17. The van der Waals surface area contributed by atoms with Gasteiger partial charge in [0.2, 0.25) is 5.91 Å². The van der Waals surface area contributed by atoms with Crippen molar-refractivity contribution in [3.8, 4) is 0 Å². The molecule has 1 aliphatic heterocycles. The predicted molar refractivity (Wildman–Crippen MR) is 54.9 cm³/mol. The van der Waals surface area contributed by atoms with Gasteiger partial charge in [-0.2, -0.15) is 0 Å². The molecule has 2 unspecified atom stereocenters. The molecular formula is C10H18N2O3. The molecule has 15 heavy (non-hydrogen) atoms. The summed E-state index contributed by atoms with van der Waals surface area (Å²) < 4.78 is 5.20. The zero-order valence-electron chi connectivity index (χ0n) is 9.37. The molecular weight excluding hydrogens is 196 g/mol. The van der Waals surface area contributed by atoms with E-state index < -0.39 is 11.6 Å². The van der Waals surface area contributed by atoms with Crippen molar-refractivity contribution in [2.75, 3.05) is 6.54 Å². The predicted octanol–water partition coefficient (Wildman–Crippen LogP) is -0.208. The van der Waals surface area contributed by atoms with E-state index in [0.717, 1.165) is 0 Å². The van der Waals surface area contributed by atoms with Gasteiger partial charge in [-0.1, -0.05) is 0 Å². The van der Waals surface area contributed by atoms with Crippen LogP contribution in [0.5, 0.6) is 0 Å². The van der Waals surface area contributed by atoms with Gasteiger partial charge >= 0.3 is 5.97 Å². The molecule has 1 heterocycles. The highest BCUT2D eigenvalue weighted by atomic mass is 16.6. The average Bonchev–Trinajstić information content (AvgIpc) is 2.47. The van der Waals surface area contributed by atoms with Crippen LogP contribution in [0.25, 0.3) is 0 Å². The van der Waals surface area contributed by atoms with Crippen molar-refractivity contribution < 1.29 is 14.3 Å². The number of esters is 1. The molecule has 0 radical (unpaired) electrons. The molecule has 1 rings (SSSR count). The molecule has 0 aromatic rings. The van der Waals surface area contributed by atoms with Crippen LogP contribution in [0.4, 0.5) is 0 Å². The number of amides is 1. The number of hydrogen-bond donors (Lipinski definition) is 2. The monoisotopic (exact) mass is 214 g/mol. The Labute approximate surface area is 89.3 Å². The summed E-state index contributed by atoms with van der Waals surface area (Å²) in [5.74, 6) is -0.942. The Hall–Kier alpha value is -1.10. The van der Waals surface area contributed by atoms with Crippen molar-refractivity contribution in [3.05, 3.63) is 0 Å². The fourth-order valence-electron chi connectivity index (χ4n) is 1.50. The van der Waals surface area contributed by atoms with Crippen molar-refractivity contribution in [2.45, 2.75) is 38.8 Å². The lowest BCUT2D eigenvalue weighted by Gasteiger charge is -2.21. The van der Waals surface area contributed by atoms with Crippen LogP contribution in [-0.4, -0.2) is 30.1 Å². The van der Waals surface area contributed by atoms with Crippen LogP contribution in [0.3, 0.4) is 0 Å². The number of primary amides is 1. The summed E-state index contributed by atoms with van der Waals surface area (Å²) in [6, 6.07) is -0.401. The number of nitrogens with one attached hydrogen (secondary N) is 1. The first-order chi connectivity index (χ1) is 6.79. The minimum atomic E-state index is -0.496. The molecule has 1 fully saturated rings. The van der Waals surface area contributed by atoms with E-state index in [1.807, 2.05) is 20.8 Å². The smallest absolute Gasteiger partial charge is 0.323 e. The van der Waals surface area contributed by atoms with Crippen molar-refractivity contribution in [1.82, 2.24) is 5.32 Å². The zero-order valence-corrected chi connectivity index (χ0v) is 9.37. The third kappa shape index (κ3) is 3.51.